The van der Waals surface area contributed by atoms with Crippen molar-refractivity contribution >= 4 is 21.4 Å². The number of thiophene rings is 1. The van der Waals surface area contributed by atoms with Crippen LogP contribution in [0.4, 0.5) is 13.2 Å². The molecule has 3 rings (SSSR count). The first-order valence-electron chi connectivity index (χ1n) is 7.13. The van der Waals surface area contributed by atoms with Crippen LogP contribution in [0.5, 0.6) is 0 Å². The molecule has 0 spiro atoms. The molecular formula is C17H12F3NO2S2. The van der Waals surface area contributed by atoms with Gasteiger partial charge in [0.1, 0.15) is 22.3 Å². The van der Waals surface area contributed by atoms with Crippen LogP contribution in [0.15, 0.2) is 64.9 Å². The number of sulfonamides is 1. The minimum atomic E-state index is -4.27. The number of hydrogen-bond donors (Lipinski definition) is 1. The van der Waals surface area contributed by atoms with Crippen LogP contribution in [0.1, 0.15) is 16.5 Å². The van der Waals surface area contributed by atoms with E-state index in [0.29, 0.717) is 16.5 Å². The molecule has 2 aromatic carbocycles. The van der Waals surface area contributed by atoms with E-state index in [1.165, 1.54) is 35.6 Å². The van der Waals surface area contributed by atoms with E-state index in [4.69, 9.17) is 0 Å². The Morgan fingerprint density at radius 1 is 0.920 bits per heavy atom. The highest BCUT2D eigenvalue weighted by atomic mass is 32.2. The number of nitrogens with one attached hydrogen (secondary N) is 1. The van der Waals surface area contributed by atoms with Crippen molar-refractivity contribution < 1.29 is 21.6 Å². The first-order chi connectivity index (χ1) is 11.9. The van der Waals surface area contributed by atoms with Gasteiger partial charge in [-0.05, 0) is 41.3 Å². The van der Waals surface area contributed by atoms with Gasteiger partial charge in [0, 0.05) is 10.9 Å². The normalized spacial score (nSPS) is 12.9. The Kier molecular flexibility index (Phi) is 4.94. The van der Waals surface area contributed by atoms with E-state index in [0.717, 1.165) is 12.1 Å². The Morgan fingerprint density at radius 3 is 2.20 bits per heavy atom. The van der Waals surface area contributed by atoms with Crippen LogP contribution >= 0.6 is 11.3 Å². The summed E-state index contributed by atoms with van der Waals surface area (Å²) >= 11 is 1.30. The maximum Gasteiger partial charge on any atom is 0.244 e. The van der Waals surface area contributed by atoms with Crippen LogP contribution in [0.3, 0.4) is 0 Å². The quantitative estimate of drug-likeness (QED) is 0.717. The summed E-state index contributed by atoms with van der Waals surface area (Å²) in [4.78, 5) is -0.00438. The van der Waals surface area contributed by atoms with Crippen LogP contribution in [-0.2, 0) is 10.0 Å². The molecule has 130 valence electrons. The van der Waals surface area contributed by atoms with Crippen molar-refractivity contribution in [3.63, 3.8) is 0 Å². The second kappa shape index (κ2) is 6.99. The van der Waals surface area contributed by atoms with E-state index in [2.05, 4.69) is 4.72 Å². The van der Waals surface area contributed by atoms with Gasteiger partial charge in [-0.25, -0.2) is 21.6 Å². The molecule has 0 amide bonds. The van der Waals surface area contributed by atoms with E-state index in [9.17, 15) is 21.6 Å². The predicted molar refractivity (Wildman–Crippen MR) is 89.2 cm³/mol. The molecule has 1 aromatic heterocycles. The molecule has 1 N–H and O–H groups in total. The summed E-state index contributed by atoms with van der Waals surface area (Å²) in [5, 5.41) is 1.76. The highest BCUT2D eigenvalue weighted by Crippen LogP contribution is 2.28. The molecular weight excluding hydrogens is 371 g/mol. The molecule has 8 heteroatoms. The summed E-state index contributed by atoms with van der Waals surface area (Å²) < 4.78 is 67.6. The zero-order valence-electron chi connectivity index (χ0n) is 12.6. The van der Waals surface area contributed by atoms with Crippen molar-refractivity contribution in [2.24, 2.45) is 0 Å². The van der Waals surface area contributed by atoms with Crippen LogP contribution in [0.2, 0.25) is 0 Å². The molecule has 0 bridgehead atoms. The zero-order chi connectivity index (χ0) is 18.0. The van der Waals surface area contributed by atoms with E-state index in [1.54, 1.807) is 17.5 Å². The van der Waals surface area contributed by atoms with Gasteiger partial charge in [-0.3, -0.25) is 0 Å². The van der Waals surface area contributed by atoms with E-state index < -0.39 is 38.4 Å². The average molecular weight is 383 g/mol. The molecule has 1 unspecified atom stereocenters. The zero-order valence-corrected chi connectivity index (χ0v) is 14.3. The van der Waals surface area contributed by atoms with Gasteiger partial charge in [0.05, 0.1) is 6.04 Å². The highest BCUT2D eigenvalue weighted by Gasteiger charge is 2.26. The molecule has 3 nitrogen and oxygen atoms in total. The molecule has 25 heavy (non-hydrogen) atoms. The van der Waals surface area contributed by atoms with Crippen molar-refractivity contribution in [1.29, 1.82) is 0 Å². The predicted octanol–water partition coefficient (Wildman–Crippen LogP) is 4.23. The molecule has 0 aliphatic carbocycles. The molecule has 3 aromatic rings. The number of hydrogen-bond acceptors (Lipinski definition) is 3. The third-order valence-electron chi connectivity index (χ3n) is 3.49. The van der Waals surface area contributed by atoms with Gasteiger partial charge >= 0.3 is 0 Å². The minimum Gasteiger partial charge on any atom is -0.207 e. The number of halogens is 3. The van der Waals surface area contributed by atoms with Gasteiger partial charge in [-0.15, -0.1) is 11.3 Å². The highest BCUT2D eigenvalue weighted by molar-refractivity contribution is 7.89. The summed E-state index contributed by atoms with van der Waals surface area (Å²) in [6.45, 7) is 0. The van der Waals surface area contributed by atoms with Crippen LogP contribution in [0, 0.1) is 17.5 Å². The van der Waals surface area contributed by atoms with Gasteiger partial charge in [0.25, 0.3) is 0 Å². The molecule has 1 atom stereocenters. The van der Waals surface area contributed by atoms with Crippen molar-refractivity contribution in [3.05, 3.63) is 87.9 Å². The van der Waals surface area contributed by atoms with Gasteiger partial charge in [-0.2, -0.15) is 4.72 Å². The molecule has 0 saturated heterocycles. The summed E-state index contributed by atoms with van der Waals surface area (Å²) in [6.07, 6.45) is 0. The molecule has 0 aliphatic heterocycles. The van der Waals surface area contributed by atoms with Gasteiger partial charge in [0.15, 0.2) is 0 Å². The van der Waals surface area contributed by atoms with Crippen molar-refractivity contribution in [2.45, 2.75) is 10.9 Å². The lowest BCUT2D eigenvalue weighted by atomic mass is 10.1. The second-order valence-electron chi connectivity index (χ2n) is 5.20. The maximum atomic E-state index is 13.9. The van der Waals surface area contributed by atoms with Crippen molar-refractivity contribution in [3.8, 4) is 0 Å². The van der Waals surface area contributed by atoms with Gasteiger partial charge < -0.3 is 0 Å². The van der Waals surface area contributed by atoms with Crippen LogP contribution in [0.25, 0.3) is 0 Å². The smallest absolute Gasteiger partial charge is 0.207 e. The van der Waals surface area contributed by atoms with Gasteiger partial charge in [-0.1, -0.05) is 18.2 Å². The topological polar surface area (TPSA) is 46.2 Å². The first kappa shape index (κ1) is 17.7. The van der Waals surface area contributed by atoms with Crippen molar-refractivity contribution in [2.75, 3.05) is 0 Å². The maximum absolute atomic E-state index is 13.9. The summed E-state index contributed by atoms with van der Waals surface area (Å²) in [6, 6.07) is 10.2. The van der Waals surface area contributed by atoms with Gasteiger partial charge in [0.2, 0.25) is 10.0 Å². The Balaban J connectivity index is 2.01. The first-order valence-corrected chi connectivity index (χ1v) is 9.49. The fourth-order valence-corrected chi connectivity index (χ4v) is 4.45. The van der Waals surface area contributed by atoms with E-state index in [-0.39, 0.29) is 0 Å². The van der Waals surface area contributed by atoms with Crippen LogP contribution in [-0.4, -0.2) is 8.42 Å². The number of rotatable bonds is 5. The largest absolute Gasteiger partial charge is 0.244 e. The third-order valence-corrected chi connectivity index (χ3v) is 5.88. The fraction of sp³-hybridized carbons (Fsp3) is 0.0588. The molecule has 0 saturated carbocycles. The van der Waals surface area contributed by atoms with Crippen LogP contribution < -0.4 is 4.72 Å². The minimum absolute atomic E-state index is 0.457. The molecule has 1 heterocycles. The lowest BCUT2D eigenvalue weighted by Crippen LogP contribution is -2.29. The average Bonchev–Trinajstić information content (AvgIpc) is 3.07. The Labute approximate surface area is 146 Å². The standard InChI is InChI=1S/C17H12F3NO2S2/c18-12-5-3-11(4-6-12)17(15-2-1-9-24-15)21-25(22,23)16-8-7-13(19)10-14(16)20/h1-10,17,21H. The lowest BCUT2D eigenvalue weighted by molar-refractivity contribution is 0.539. The Bertz CT molecular complexity index is 972. The SMILES string of the molecule is O=S(=O)(NC(c1ccc(F)cc1)c1cccs1)c1ccc(F)cc1F. The monoisotopic (exact) mass is 383 g/mol. The molecule has 0 radical (unpaired) electrons. The fourth-order valence-electron chi connectivity index (χ4n) is 2.31. The Hall–Kier alpha value is -2.16. The molecule has 0 fully saturated rings. The third kappa shape index (κ3) is 3.92. The Morgan fingerprint density at radius 2 is 1.60 bits per heavy atom. The van der Waals surface area contributed by atoms with E-state index in [1.807, 2.05) is 0 Å². The summed E-state index contributed by atoms with van der Waals surface area (Å²) in [7, 11) is -4.27. The lowest BCUT2D eigenvalue weighted by Gasteiger charge is -2.18. The van der Waals surface area contributed by atoms with Crippen molar-refractivity contribution in [1.82, 2.24) is 4.72 Å². The second-order valence-corrected chi connectivity index (χ2v) is 7.86. The van der Waals surface area contributed by atoms with E-state index >= 15 is 0 Å². The number of benzene rings is 2. The summed E-state index contributed by atoms with van der Waals surface area (Å²) in [5.74, 6) is -2.51. The summed E-state index contributed by atoms with van der Waals surface area (Å²) in [5.41, 5.74) is 0.495. The molecule has 0 aliphatic rings.